The highest BCUT2D eigenvalue weighted by atomic mass is 16.2. The quantitative estimate of drug-likeness (QED) is 0.736. The fourth-order valence-corrected chi connectivity index (χ4v) is 2.10. The maximum atomic E-state index is 12.4. The van der Waals surface area contributed by atoms with E-state index in [0.717, 1.165) is 11.3 Å². The minimum atomic E-state index is -0.696. The van der Waals surface area contributed by atoms with Crippen molar-refractivity contribution in [3.63, 3.8) is 0 Å². The molecule has 0 unspecified atom stereocenters. The van der Waals surface area contributed by atoms with E-state index in [-0.39, 0.29) is 0 Å². The van der Waals surface area contributed by atoms with Crippen molar-refractivity contribution in [2.45, 2.75) is 6.04 Å². The molecule has 0 aliphatic carbocycles. The lowest BCUT2D eigenvalue weighted by Crippen LogP contribution is -2.48. The molecule has 0 heterocycles. The minimum Gasteiger partial charge on any atom is -0.341 e. The normalized spacial score (nSPS) is 11.4. The summed E-state index contributed by atoms with van der Waals surface area (Å²) >= 11 is 0. The zero-order valence-corrected chi connectivity index (χ0v) is 13.1. The van der Waals surface area contributed by atoms with Crippen LogP contribution in [0, 0.1) is 0 Å². The number of hydrogen-bond donors (Lipinski definition) is 3. The van der Waals surface area contributed by atoms with Crippen molar-refractivity contribution < 1.29 is 9.59 Å². The van der Waals surface area contributed by atoms with Gasteiger partial charge in [0.2, 0.25) is 0 Å². The van der Waals surface area contributed by atoms with Gasteiger partial charge >= 0.3 is 6.03 Å². The Kier molecular flexibility index (Phi) is 5.71. The highest BCUT2D eigenvalue weighted by molar-refractivity contribution is 5.97. The maximum Gasteiger partial charge on any atom is 0.321 e. The number of amides is 3. The summed E-state index contributed by atoms with van der Waals surface area (Å²) in [4.78, 5) is 23.8. The third kappa shape index (κ3) is 4.55. The Hall–Kier alpha value is -2.86. The maximum absolute atomic E-state index is 12.4. The summed E-state index contributed by atoms with van der Waals surface area (Å²) in [5, 5.41) is 6.43. The zero-order valence-electron chi connectivity index (χ0n) is 13.1. The number of nitrogens with zero attached hydrogens (tertiary/aromatic N) is 1. The molecule has 2 aromatic rings. The Morgan fingerprint density at radius 1 is 0.957 bits per heavy atom. The summed E-state index contributed by atoms with van der Waals surface area (Å²) < 4.78 is 0. The number of nitrogens with one attached hydrogen (secondary N) is 3. The smallest absolute Gasteiger partial charge is 0.321 e. The van der Waals surface area contributed by atoms with Gasteiger partial charge in [-0.3, -0.25) is 10.1 Å². The van der Waals surface area contributed by atoms with Crippen LogP contribution in [-0.4, -0.2) is 26.0 Å². The van der Waals surface area contributed by atoms with Gasteiger partial charge in [0.15, 0.2) is 0 Å². The second-order valence-corrected chi connectivity index (χ2v) is 4.94. The predicted octanol–water partition coefficient (Wildman–Crippen LogP) is 1.82. The number of hydrazine groups is 1. The van der Waals surface area contributed by atoms with Gasteiger partial charge in [0.1, 0.15) is 6.04 Å². The van der Waals surface area contributed by atoms with E-state index in [1.807, 2.05) is 67.7 Å². The molecule has 0 radical (unpaired) electrons. The lowest BCUT2D eigenvalue weighted by Gasteiger charge is -2.27. The lowest BCUT2D eigenvalue weighted by molar-refractivity contribution is -0.122. The SMILES string of the molecule is CNC(=O)NC(=O)[C@H](NN(C)c1ccccc1)c1ccccc1. The van der Waals surface area contributed by atoms with E-state index in [4.69, 9.17) is 0 Å². The molecule has 0 bridgehead atoms. The first kappa shape index (κ1) is 16.5. The average Bonchev–Trinajstić information content (AvgIpc) is 2.60. The van der Waals surface area contributed by atoms with Crippen LogP contribution in [0.5, 0.6) is 0 Å². The van der Waals surface area contributed by atoms with E-state index in [0.29, 0.717) is 0 Å². The van der Waals surface area contributed by atoms with Crippen molar-refractivity contribution >= 4 is 17.6 Å². The summed E-state index contributed by atoms with van der Waals surface area (Å²) in [6.07, 6.45) is 0. The molecule has 6 heteroatoms. The molecule has 0 aromatic heterocycles. The number of imide groups is 1. The number of urea groups is 1. The second-order valence-electron chi connectivity index (χ2n) is 4.94. The monoisotopic (exact) mass is 312 g/mol. The van der Waals surface area contributed by atoms with Crippen LogP contribution in [0.4, 0.5) is 10.5 Å². The Morgan fingerprint density at radius 3 is 2.09 bits per heavy atom. The van der Waals surface area contributed by atoms with Gasteiger partial charge in [0, 0.05) is 14.1 Å². The fraction of sp³-hybridized carbons (Fsp3) is 0.176. The molecule has 0 aliphatic rings. The molecule has 120 valence electrons. The van der Waals surface area contributed by atoms with E-state index in [1.54, 1.807) is 5.01 Å². The van der Waals surface area contributed by atoms with Crippen LogP contribution in [0.1, 0.15) is 11.6 Å². The third-order valence-corrected chi connectivity index (χ3v) is 3.33. The molecule has 0 spiro atoms. The summed E-state index contributed by atoms with van der Waals surface area (Å²) in [5.41, 5.74) is 4.78. The van der Waals surface area contributed by atoms with E-state index in [2.05, 4.69) is 16.1 Å². The number of rotatable bonds is 5. The molecule has 2 rings (SSSR count). The number of anilines is 1. The van der Waals surface area contributed by atoms with Gasteiger partial charge in [-0.05, 0) is 17.7 Å². The second kappa shape index (κ2) is 7.95. The van der Waals surface area contributed by atoms with Crippen molar-refractivity contribution in [3.8, 4) is 0 Å². The van der Waals surface area contributed by atoms with E-state index < -0.39 is 18.0 Å². The molecule has 23 heavy (non-hydrogen) atoms. The summed E-state index contributed by atoms with van der Waals surface area (Å²) in [6, 6.07) is 17.6. The van der Waals surface area contributed by atoms with Crippen molar-refractivity contribution in [1.29, 1.82) is 0 Å². The Morgan fingerprint density at radius 2 is 1.52 bits per heavy atom. The van der Waals surface area contributed by atoms with Crippen LogP contribution < -0.4 is 21.1 Å². The van der Waals surface area contributed by atoms with Crippen LogP contribution in [0.15, 0.2) is 60.7 Å². The first-order chi connectivity index (χ1) is 11.1. The van der Waals surface area contributed by atoms with E-state index in [1.165, 1.54) is 7.05 Å². The van der Waals surface area contributed by atoms with Crippen molar-refractivity contribution in [1.82, 2.24) is 16.1 Å². The van der Waals surface area contributed by atoms with E-state index in [9.17, 15) is 9.59 Å². The number of carbonyl (C=O) groups is 2. The van der Waals surface area contributed by atoms with Crippen LogP contribution >= 0.6 is 0 Å². The Bertz CT molecular complexity index is 646. The van der Waals surface area contributed by atoms with Crippen molar-refractivity contribution in [2.75, 3.05) is 19.1 Å². The number of hydrogen-bond acceptors (Lipinski definition) is 4. The Labute approximate surface area is 135 Å². The third-order valence-electron chi connectivity index (χ3n) is 3.33. The molecule has 3 amide bonds. The van der Waals surface area contributed by atoms with Gasteiger partial charge in [0.25, 0.3) is 5.91 Å². The molecule has 2 aromatic carbocycles. The number of para-hydroxylation sites is 1. The number of carbonyl (C=O) groups excluding carboxylic acids is 2. The highest BCUT2D eigenvalue weighted by Gasteiger charge is 2.23. The molecular weight excluding hydrogens is 292 g/mol. The van der Waals surface area contributed by atoms with Gasteiger partial charge in [-0.1, -0.05) is 48.5 Å². The molecule has 6 nitrogen and oxygen atoms in total. The zero-order chi connectivity index (χ0) is 16.7. The van der Waals surface area contributed by atoms with Crippen molar-refractivity contribution in [3.05, 3.63) is 66.2 Å². The van der Waals surface area contributed by atoms with Gasteiger partial charge in [-0.25, -0.2) is 10.2 Å². The molecule has 1 atom stereocenters. The van der Waals surface area contributed by atoms with Crippen molar-refractivity contribution in [2.24, 2.45) is 0 Å². The van der Waals surface area contributed by atoms with Crippen LogP contribution in [0.2, 0.25) is 0 Å². The minimum absolute atomic E-state index is 0.432. The molecule has 3 N–H and O–H groups in total. The summed E-state index contributed by atoms with van der Waals surface area (Å²) in [6.45, 7) is 0. The van der Waals surface area contributed by atoms with Crippen LogP contribution in [-0.2, 0) is 4.79 Å². The van der Waals surface area contributed by atoms with Gasteiger partial charge in [0.05, 0.1) is 5.69 Å². The average molecular weight is 312 g/mol. The Balaban J connectivity index is 2.20. The molecule has 0 fully saturated rings. The first-order valence-electron chi connectivity index (χ1n) is 7.24. The predicted molar refractivity (Wildman–Crippen MR) is 89.8 cm³/mol. The summed E-state index contributed by atoms with van der Waals surface area (Å²) in [5.74, 6) is -0.432. The van der Waals surface area contributed by atoms with Crippen LogP contribution in [0.3, 0.4) is 0 Å². The lowest BCUT2D eigenvalue weighted by atomic mass is 10.1. The molecular formula is C17H20N4O2. The first-order valence-corrected chi connectivity index (χ1v) is 7.24. The standard InChI is InChI=1S/C17H20N4O2/c1-18-17(23)19-16(22)15(13-9-5-3-6-10-13)20-21(2)14-11-7-4-8-12-14/h3-12,15,20H,1-2H3,(H2,18,19,22,23)/t15-/m1/s1. The fourth-order valence-electron chi connectivity index (χ4n) is 2.10. The molecule has 0 saturated carbocycles. The van der Waals surface area contributed by atoms with Crippen LogP contribution in [0.25, 0.3) is 0 Å². The molecule has 0 saturated heterocycles. The molecule has 0 aliphatic heterocycles. The van der Waals surface area contributed by atoms with Gasteiger partial charge < -0.3 is 10.3 Å². The summed E-state index contributed by atoms with van der Waals surface area (Å²) in [7, 11) is 3.28. The van der Waals surface area contributed by atoms with Gasteiger partial charge in [-0.15, -0.1) is 0 Å². The topological polar surface area (TPSA) is 73.5 Å². The largest absolute Gasteiger partial charge is 0.341 e. The number of benzene rings is 2. The van der Waals surface area contributed by atoms with E-state index >= 15 is 0 Å². The highest BCUT2D eigenvalue weighted by Crippen LogP contribution is 2.16. The van der Waals surface area contributed by atoms with Gasteiger partial charge in [-0.2, -0.15) is 0 Å².